The van der Waals surface area contributed by atoms with Crippen LogP contribution in [0.2, 0.25) is 10.0 Å². The summed E-state index contributed by atoms with van der Waals surface area (Å²) in [5.74, 6) is -0.363. The molecule has 0 spiro atoms. The molecule has 1 aromatic rings. The number of hydrogen-bond donors (Lipinski definition) is 0. The van der Waals surface area contributed by atoms with Gasteiger partial charge in [-0.25, -0.2) is 4.39 Å². The van der Waals surface area contributed by atoms with E-state index in [4.69, 9.17) is 23.2 Å². The Balaban J connectivity index is 0.000000561. The maximum atomic E-state index is 12.7. The van der Waals surface area contributed by atoms with Crippen LogP contribution in [-0.2, 0) is 0 Å². The smallest absolute Gasteiger partial charge is 0.129 e. The van der Waals surface area contributed by atoms with Crippen molar-refractivity contribution in [1.29, 1.82) is 0 Å². The highest BCUT2D eigenvalue weighted by molar-refractivity contribution is 6.35. The Morgan fingerprint density at radius 2 is 1.67 bits per heavy atom. The number of hydrogen-bond acceptors (Lipinski definition) is 0. The lowest BCUT2D eigenvalue weighted by molar-refractivity contribution is 0.619. The highest BCUT2D eigenvalue weighted by Gasteiger charge is 2.02. The molecule has 3 heteroatoms. The van der Waals surface area contributed by atoms with Crippen molar-refractivity contribution in [2.24, 2.45) is 0 Å². The van der Waals surface area contributed by atoms with Gasteiger partial charge in [-0.05, 0) is 19.1 Å². The van der Waals surface area contributed by atoms with Crippen molar-refractivity contribution in [2.45, 2.75) is 20.8 Å². The van der Waals surface area contributed by atoms with Crippen molar-refractivity contribution in [2.75, 3.05) is 0 Å². The predicted octanol–water partition coefficient (Wildman–Crippen LogP) is 4.47. The number of rotatable bonds is 0. The molecule has 0 fully saturated rings. The van der Waals surface area contributed by atoms with E-state index in [1.807, 2.05) is 13.8 Å². The highest BCUT2D eigenvalue weighted by atomic mass is 35.5. The first-order chi connectivity index (χ1) is 5.61. The van der Waals surface area contributed by atoms with Gasteiger partial charge in [0.15, 0.2) is 0 Å². The quantitative estimate of drug-likeness (QED) is 0.591. The fourth-order valence-corrected chi connectivity index (χ4v) is 1.08. The number of benzene rings is 1. The van der Waals surface area contributed by atoms with Gasteiger partial charge in [0.1, 0.15) is 5.82 Å². The minimum Gasteiger partial charge on any atom is -0.207 e. The van der Waals surface area contributed by atoms with Crippen molar-refractivity contribution in [3.63, 3.8) is 0 Å². The predicted molar refractivity (Wildman–Crippen MR) is 52.5 cm³/mol. The summed E-state index contributed by atoms with van der Waals surface area (Å²) in [6.07, 6.45) is 0. The minimum absolute atomic E-state index is 0.327. The molecule has 0 aromatic heterocycles. The van der Waals surface area contributed by atoms with Crippen LogP contribution < -0.4 is 0 Å². The van der Waals surface area contributed by atoms with Crippen LogP contribution in [0.1, 0.15) is 19.4 Å². The van der Waals surface area contributed by atoms with Crippen LogP contribution in [0.3, 0.4) is 0 Å². The van der Waals surface area contributed by atoms with Gasteiger partial charge in [0, 0.05) is 15.6 Å². The van der Waals surface area contributed by atoms with E-state index in [0.717, 1.165) is 0 Å². The molecular weight excluding hydrogens is 198 g/mol. The molecule has 1 aromatic carbocycles. The molecule has 0 aliphatic rings. The summed E-state index contributed by atoms with van der Waals surface area (Å²) in [4.78, 5) is 0. The Hall–Kier alpha value is -0.270. The first-order valence-electron chi connectivity index (χ1n) is 3.72. The first-order valence-corrected chi connectivity index (χ1v) is 4.48. The maximum absolute atomic E-state index is 12.7. The van der Waals surface area contributed by atoms with Gasteiger partial charge < -0.3 is 0 Å². The normalized spacial score (nSPS) is 8.83. The highest BCUT2D eigenvalue weighted by Crippen LogP contribution is 2.22. The fraction of sp³-hybridized carbons (Fsp3) is 0.333. The van der Waals surface area contributed by atoms with E-state index in [2.05, 4.69) is 0 Å². The summed E-state index contributed by atoms with van der Waals surface area (Å²) < 4.78 is 12.7. The molecule has 12 heavy (non-hydrogen) atoms. The average Bonchev–Trinajstić information content (AvgIpc) is 2.04. The van der Waals surface area contributed by atoms with Crippen molar-refractivity contribution < 1.29 is 4.39 Å². The molecule has 0 radical (unpaired) electrons. The van der Waals surface area contributed by atoms with Crippen LogP contribution >= 0.6 is 23.2 Å². The van der Waals surface area contributed by atoms with Gasteiger partial charge in [-0.3, -0.25) is 0 Å². The van der Waals surface area contributed by atoms with E-state index in [1.165, 1.54) is 12.1 Å². The summed E-state index contributed by atoms with van der Waals surface area (Å²) in [6.45, 7) is 5.61. The summed E-state index contributed by atoms with van der Waals surface area (Å²) >= 11 is 11.1. The molecule has 0 heterocycles. The molecule has 0 bridgehead atoms. The van der Waals surface area contributed by atoms with Crippen LogP contribution in [0.5, 0.6) is 0 Å². The molecule has 0 saturated heterocycles. The Bertz CT molecular complexity index is 236. The van der Waals surface area contributed by atoms with Gasteiger partial charge in [0.2, 0.25) is 0 Å². The van der Waals surface area contributed by atoms with Gasteiger partial charge in [-0.2, -0.15) is 0 Å². The lowest BCUT2D eigenvalue weighted by atomic mass is 10.2. The molecule has 68 valence electrons. The third-order valence-electron chi connectivity index (χ3n) is 1.25. The van der Waals surface area contributed by atoms with Crippen molar-refractivity contribution >= 4 is 23.2 Å². The van der Waals surface area contributed by atoms with Crippen LogP contribution in [0, 0.1) is 12.7 Å². The zero-order valence-electron chi connectivity index (χ0n) is 7.29. The zero-order valence-corrected chi connectivity index (χ0v) is 8.80. The molecule has 0 aliphatic heterocycles. The van der Waals surface area contributed by atoms with E-state index < -0.39 is 0 Å². The largest absolute Gasteiger partial charge is 0.207 e. The molecule has 1 rings (SSSR count). The minimum atomic E-state index is -0.363. The van der Waals surface area contributed by atoms with Crippen molar-refractivity contribution in [3.8, 4) is 0 Å². The average molecular weight is 209 g/mol. The molecule has 0 unspecified atom stereocenters. The van der Waals surface area contributed by atoms with E-state index in [-0.39, 0.29) is 5.82 Å². The second kappa shape index (κ2) is 5.39. The molecular formula is C9H11Cl2F. The van der Waals surface area contributed by atoms with Crippen LogP contribution in [0.4, 0.5) is 4.39 Å². The van der Waals surface area contributed by atoms with E-state index in [1.54, 1.807) is 6.92 Å². The van der Waals surface area contributed by atoms with E-state index in [9.17, 15) is 4.39 Å². The van der Waals surface area contributed by atoms with Crippen LogP contribution in [0.15, 0.2) is 12.1 Å². The maximum Gasteiger partial charge on any atom is 0.129 e. The lowest BCUT2D eigenvalue weighted by Gasteiger charge is -1.98. The van der Waals surface area contributed by atoms with Gasteiger partial charge in [0.25, 0.3) is 0 Å². The topological polar surface area (TPSA) is 0 Å². The SMILES string of the molecule is CC.Cc1c(F)cc(Cl)cc1Cl. The zero-order chi connectivity index (χ0) is 9.72. The van der Waals surface area contributed by atoms with Crippen molar-refractivity contribution in [3.05, 3.63) is 33.6 Å². The van der Waals surface area contributed by atoms with Gasteiger partial charge in [-0.15, -0.1) is 0 Å². The summed E-state index contributed by atoms with van der Waals surface area (Å²) in [6, 6.07) is 2.75. The Kier molecular flexibility index (Phi) is 5.27. The fourth-order valence-electron chi connectivity index (χ4n) is 0.614. The Labute approximate surface area is 82.3 Å². The molecule has 0 saturated carbocycles. The first kappa shape index (κ1) is 11.7. The summed E-state index contributed by atoms with van der Waals surface area (Å²) in [5.41, 5.74) is 0.436. The second-order valence-corrected chi connectivity index (χ2v) is 2.84. The summed E-state index contributed by atoms with van der Waals surface area (Å²) in [5, 5.41) is 0.693. The van der Waals surface area contributed by atoms with Crippen LogP contribution in [-0.4, -0.2) is 0 Å². The third kappa shape index (κ3) is 3.00. The van der Waals surface area contributed by atoms with Crippen LogP contribution in [0.25, 0.3) is 0 Å². The van der Waals surface area contributed by atoms with Gasteiger partial charge >= 0.3 is 0 Å². The molecule has 0 aliphatic carbocycles. The van der Waals surface area contributed by atoms with E-state index >= 15 is 0 Å². The third-order valence-corrected chi connectivity index (χ3v) is 1.86. The summed E-state index contributed by atoms with van der Waals surface area (Å²) in [7, 11) is 0. The lowest BCUT2D eigenvalue weighted by Crippen LogP contribution is -1.82. The van der Waals surface area contributed by atoms with Crippen molar-refractivity contribution in [1.82, 2.24) is 0 Å². The second-order valence-electron chi connectivity index (χ2n) is 1.99. The molecule has 0 nitrogen and oxygen atoms in total. The Morgan fingerprint density at radius 3 is 2.08 bits per heavy atom. The Morgan fingerprint density at radius 1 is 1.17 bits per heavy atom. The van der Waals surface area contributed by atoms with Gasteiger partial charge in [-0.1, -0.05) is 37.0 Å². The van der Waals surface area contributed by atoms with E-state index in [0.29, 0.717) is 15.6 Å². The molecule has 0 atom stereocenters. The standard InChI is InChI=1S/C7H5Cl2F.C2H6/c1-4-6(9)2-5(8)3-7(4)10;1-2/h2-3H,1H3;1-2H3. The monoisotopic (exact) mass is 208 g/mol. The molecule has 0 N–H and O–H groups in total. The molecule has 0 amide bonds. The number of halogens is 3. The van der Waals surface area contributed by atoms with Gasteiger partial charge in [0.05, 0.1) is 0 Å².